The highest BCUT2D eigenvalue weighted by atomic mass is 19.4. The van der Waals surface area contributed by atoms with Crippen molar-refractivity contribution in [1.82, 2.24) is 10.3 Å². The lowest BCUT2D eigenvalue weighted by atomic mass is 9.90. The molecule has 2 aromatic carbocycles. The molecule has 0 saturated heterocycles. The fourth-order valence-corrected chi connectivity index (χ4v) is 4.22. The average Bonchev–Trinajstić information content (AvgIpc) is 2.79. The van der Waals surface area contributed by atoms with Gasteiger partial charge >= 0.3 is 6.18 Å². The first-order valence-electron chi connectivity index (χ1n) is 11.0. The van der Waals surface area contributed by atoms with Gasteiger partial charge in [0.25, 0.3) is 5.91 Å². The van der Waals surface area contributed by atoms with Crippen LogP contribution in [0.3, 0.4) is 0 Å². The van der Waals surface area contributed by atoms with Crippen molar-refractivity contribution in [2.45, 2.75) is 43.9 Å². The number of anilines is 2. The number of rotatable bonds is 5. The van der Waals surface area contributed by atoms with E-state index in [-0.39, 0.29) is 18.0 Å². The summed E-state index contributed by atoms with van der Waals surface area (Å²) in [6, 6.07) is 15.4. The van der Waals surface area contributed by atoms with E-state index in [0.717, 1.165) is 37.4 Å². The molecule has 0 radical (unpaired) electrons. The summed E-state index contributed by atoms with van der Waals surface area (Å²) < 4.78 is 39.9. The molecule has 1 aromatic heterocycles. The molecule has 1 heterocycles. The number of hydrogen-bond acceptors (Lipinski definition) is 4. The van der Waals surface area contributed by atoms with Gasteiger partial charge in [0.05, 0.1) is 5.52 Å². The Hall–Kier alpha value is -3.29. The minimum absolute atomic E-state index is 0.0319. The van der Waals surface area contributed by atoms with Crippen LogP contribution in [-0.2, 0) is 6.18 Å². The topological polar surface area (TPSA) is 57.3 Å². The summed E-state index contributed by atoms with van der Waals surface area (Å²) in [5.74, 6) is -0.105. The maximum absolute atomic E-state index is 13.3. The minimum atomic E-state index is -4.51. The molecule has 0 bridgehead atoms. The SMILES string of the molecule is CN(C)c1ccc(C(=O)NC2CCC(Nc3cc(C(F)(F)F)nc4ccccc34)CC2)cc1. The molecule has 0 atom stereocenters. The van der Waals surface area contributed by atoms with E-state index in [1.165, 1.54) is 0 Å². The molecule has 174 valence electrons. The van der Waals surface area contributed by atoms with Gasteiger partial charge < -0.3 is 15.5 Å². The van der Waals surface area contributed by atoms with Crippen molar-refractivity contribution in [1.29, 1.82) is 0 Å². The van der Waals surface area contributed by atoms with Crippen molar-refractivity contribution >= 4 is 28.2 Å². The predicted octanol–water partition coefficient (Wildman–Crippen LogP) is 5.47. The number of nitrogens with zero attached hydrogens (tertiary/aromatic N) is 2. The predicted molar refractivity (Wildman–Crippen MR) is 125 cm³/mol. The third-order valence-corrected chi connectivity index (χ3v) is 6.07. The Kier molecular flexibility index (Phi) is 6.44. The third kappa shape index (κ3) is 5.38. The Labute approximate surface area is 191 Å². The van der Waals surface area contributed by atoms with Crippen LogP contribution >= 0.6 is 0 Å². The number of fused-ring (bicyclic) bond motifs is 1. The Bertz CT molecular complexity index is 1120. The number of alkyl halides is 3. The van der Waals surface area contributed by atoms with Gasteiger partial charge in [0.1, 0.15) is 5.69 Å². The zero-order chi connectivity index (χ0) is 23.6. The summed E-state index contributed by atoms with van der Waals surface area (Å²) in [7, 11) is 3.89. The van der Waals surface area contributed by atoms with Gasteiger partial charge in [-0.25, -0.2) is 4.98 Å². The minimum Gasteiger partial charge on any atom is -0.382 e. The van der Waals surface area contributed by atoms with E-state index in [2.05, 4.69) is 15.6 Å². The number of benzene rings is 2. The number of hydrogen-bond donors (Lipinski definition) is 2. The first-order chi connectivity index (χ1) is 15.7. The van der Waals surface area contributed by atoms with Crippen LogP contribution in [0, 0.1) is 0 Å². The van der Waals surface area contributed by atoms with Crippen LogP contribution in [0.1, 0.15) is 41.7 Å². The largest absolute Gasteiger partial charge is 0.433 e. The highest BCUT2D eigenvalue weighted by molar-refractivity contribution is 5.94. The molecule has 0 aliphatic heterocycles. The second kappa shape index (κ2) is 9.29. The van der Waals surface area contributed by atoms with Crippen LogP contribution in [0.4, 0.5) is 24.5 Å². The normalized spacial score (nSPS) is 18.7. The number of aromatic nitrogens is 1. The first-order valence-corrected chi connectivity index (χ1v) is 11.0. The van der Waals surface area contributed by atoms with Gasteiger partial charge in [0.2, 0.25) is 0 Å². The summed E-state index contributed by atoms with van der Waals surface area (Å²) in [6.45, 7) is 0. The maximum atomic E-state index is 13.3. The molecule has 8 heteroatoms. The number of carbonyl (C=O) groups is 1. The van der Waals surface area contributed by atoms with E-state index in [1.807, 2.05) is 43.3 Å². The number of carbonyl (C=O) groups excluding carboxylic acids is 1. The van der Waals surface area contributed by atoms with Gasteiger partial charge in [0.15, 0.2) is 0 Å². The smallest absolute Gasteiger partial charge is 0.382 e. The molecule has 0 unspecified atom stereocenters. The number of nitrogens with one attached hydrogen (secondary N) is 2. The van der Waals surface area contributed by atoms with Crippen molar-refractivity contribution < 1.29 is 18.0 Å². The average molecular weight is 457 g/mol. The Balaban J connectivity index is 1.39. The standard InChI is InChI=1S/C25H27F3N4O/c1-32(2)19-13-7-16(8-14-19)24(33)30-18-11-9-17(10-12-18)29-22-15-23(25(26,27)28)31-21-6-4-3-5-20(21)22/h3-8,13-15,17-18H,9-12H2,1-2H3,(H,29,31)(H,30,33). The molecular formula is C25H27F3N4O. The molecule has 0 spiro atoms. The Morgan fingerprint density at radius 3 is 2.24 bits per heavy atom. The third-order valence-electron chi connectivity index (χ3n) is 6.07. The van der Waals surface area contributed by atoms with Crippen LogP contribution in [0.25, 0.3) is 10.9 Å². The molecule has 1 fully saturated rings. The highest BCUT2D eigenvalue weighted by Gasteiger charge is 2.33. The van der Waals surface area contributed by atoms with Gasteiger partial charge in [0, 0.05) is 48.5 Å². The van der Waals surface area contributed by atoms with Crippen LogP contribution in [0.15, 0.2) is 54.6 Å². The zero-order valence-electron chi connectivity index (χ0n) is 18.6. The lowest BCUT2D eigenvalue weighted by Gasteiger charge is -2.30. The lowest BCUT2D eigenvalue weighted by Crippen LogP contribution is -2.40. The van der Waals surface area contributed by atoms with Crippen LogP contribution in [0.2, 0.25) is 0 Å². The second-order valence-corrected chi connectivity index (χ2v) is 8.68. The zero-order valence-corrected chi connectivity index (χ0v) is 18.6. The first kappa shape index (κ1) is 22.9. The van der Waals surface area contributed by atoms with Crippen molar-refractivity contribution in [3.05, 3.63) is 65.9 Å². The molecular weight excluding hydrogens is 429 g/mol. The number of halogens is 3. The molecule has 5 nitrogen and oxygen atoms in total. The molecule has 4 rings (SSSR count). The van der Waals surface area contributed by atoms with Crippen molar-refractivity contribution in [3.63, 3.8) is 0 Å². The van der Waals surface area contributed by atoms with Crippen molar-refractivity contribution in [3.8, 4) is 0 Å². The lowest BCUT2D eigenvalue weighted by molar-refractivity contribution is -0.140. The molecule has 1 amide bonds. The van der Waals surface area contributed by atoms with Gasteiger partial charge in [-0.05, 0) is 62.1 Å². The highest BCUT2D eigenvalue weighted by Crippen LogP contribution is 2.34. The van der Waals surface area contributed by atoms with Crippen LogP contribution in [-0.4, -0.2) is 37.1 Å². The van der Waals surface area contributed by atoms with E-state index < -0.39 is 11.9 Å². The van der Waals surface area contributed by atoms with Gasteiger partial charge in [-0.1, -0.05) is 18.2 Å². The van der Waals surface area contributed by atoms with Gasteiger partial charge in [-0.15, -0.1) is 0 Å². The van der Waals surface area contributed by atoms with E-state index in [1.54, 1.807) is 24.3 Å². The van der Waals surface area contributed by atoms with E-state index in [4.69, 9.17) is 0 Å². The molecule has 2 N–H and O–H groups in total. The second-order valence-electron chi connectivity index (χ2n) is 8.68. The Morgan fingerprint density at radius 1 is 0.970 bits per heavy atom. The van der Waals surface area contributed by atoms with E-state index in [9.17, 15) is 18.0 Å². The molecule has 1 aliphatic carbocycles. The summed E-state index contributed by atoms with van der Waals surface area (Å²) in [5, 5.41) is 7.06. The summed E-state index contributed by atoms with van der Waals surface area (Å²) in [6.07, 6.45) is -1.49. The summed E-state index contributed by atoms with van der Waals surface area (Å²) in [5.41, 5.74) is 1.50. The van der Waals surface area contributed by atoms with E-state index in [0.29, 0.717) is 22.2 Å². The molecule has 3 aromatic rings. The quantitative estimate of drug-likeness (QED) is 0.534. The number of para-hydroxylation sites is 1. The van der Waals surface area contributed by atoms with E-state index >= 15 is 0 Å². The molecule has 1 aliphatic rings. The number of amides is 1. The summed E-state index contributed by atoms with van der Waals surface area (Å²) in [4.78, 5) is 18.3. The summed E-state index contributed by atoms with van der Waals surface area (Å²) >= 11 is 0. The van der Waals surface area contributed by atoms with Crippen LogP contribution < -0.4 is 15.5 Å². The Morgan fingerprint density at radius 2 is 1.61 bits per heavy atom. The van der Waals surface area contributed by atoms with Crippen molar-refractivity contribution in [2.75, 3.05) is 24.3 Å². The van der Waals surface area contributed by atoms with Crippen LogP contribution in [0.5, 0.6) is 0 Å². The van der Waals surface area contributed by atoms with Crippen molar-refractivity contribution in [2.24, 2.45) is 0 Å². The fourth-order valence-electron chi connectivity index (χ4n) is 4.22. The van der Waals surface area contributed by atoms with Gasteiger partial charge in [-0.3, -0.25) is 4.79 Å². The maximum Gasteiger partial charge on any atom is 0.433 e. The number of pyridine rings is 1. The molecule has 33 heavy (non-hydrogen) atoms. The fraction of sp³-hybridized carbons (Fsp3) is 0.360. The monoisotopic (exact) mass is 456 g/mol. The molecule has 1 saturated carbocycles. The van der Waals surface area contributed by atoms with Gasteiger partial charge in [-0.2, -0.15) is 13.2 Å².